The molecule has 1 fully saturated rings. The quantitative estimate of drug-likeness (QED) is 0.756. The number of benzene rings is 2. The molecule has 0 aliphatic carbocycles. The summed E-state index contributed by atoms with van der Waals surface area (Å²) in [4.78, 5) is 29.3. The number of nitrogens with one attached hydrogen (secondary N) is 2. The maximum atomic E-state index is 12.5. The molecule has 2 heterocycles. The number of anilines is 2. The van der Waals surface area contributed by atoms with Crippen molar-refractivity contribution in [2.24, 2.45) is 0 Å². The van der Waals surface area contributed by atoms with Gasteiger partial charge >= 0.3 is 0 Å². The van der Waals surface area contributed by atoms with Gasteiger partial charge in [0, 0.05) is 35.6 Å². The van der Waals surface area contributed by atoms with Gasteiger partial charge in [-0.2, -0.15) is 0 Å². The summed E-state index contributed by atoms with van der Waals surface area (Å²) in [5.41, 5.74) is 2.75. The van der Waals surface area contributed by atoms with Crippen molar-refractivity contribution in [3.63, 3.8) is 0 Å². The minimum absolute atomic E-state index is 0.0955. The second-order valence-corrected chi connectivity index (χ2v) is 6.26. The Morgan fingerprint density at radius 1 is 1.19 bits per heavy atom. The fraction of sp³-hybridized carbons (Fsp3) is 0.200. The smallest absolute Gasteiger partial charge is 0.272 e. The third-order valence-electron chi connectivity index (χ3n) is 4.58. The number of fused-ring (bicyclic) bond motifs is 1. The largest absolute Gasteiger partial charge is 0.494 e. The second-order valence-electron chi connectivity index (χ2n) is 6.26. The third-order valence-corrected chi connectivity index (χ3v) is 4.58. The molecular weight excluding hydrogens is 330 g/mol. The van der Waals surface area contributed by atoms with E-state index < -0.39 is 0 Å². The molecule has 6 heteroatoms. The normalized spacial score (nSPS) is 14.0. The Balaban J connectivity index is 1.57. The first-order valence-corrected chi connectivity index (χ1v) is 8.53. The van der Waals surface area contributed by atoms with Gasteiger partial charge in [0.25, 0.3) is 5.91 Å². The van der Waals surface area contributed by atoms with Crippen molar-refractivity contribution in [2.45, 2.75) is 12.8 Å². The Morgan fingerprint density at radius 3 is 2.77 bits per heavy atom. The minimum Gasteiger partial charge on any atom is -0.494 e. The number of carbonyl (C=O) groups excluding carboxylic acids is 2. The van der Waals surface area contributed by atoms with Crippen LogP contribution in [0, 0.1) is 0 Å². The number of aromatic amines is 1. The summed E-state index contributed by atoms with van der Waals surface area (Å²) in [5.74, 6) is 0.432. The molecule has 0 bridgehead atoms. The summed E-state index contributed by atoms with van der Waals surface area (Å²) in [6.07, 6.45) is 1.41. The molecule has 4 rings (SSSR count). The number of carbonyl (C=O) groups is 2. The fourth-order valence-corrected chi connectivity index (χ4v) is 3.28. The highest BCUT2D eigenvalue weighted by Gasteiger charge is 2.24. The fourth-order valence-electron chi connectivity index (χ4n) is 3.28. The van der Waals surface area contributed by atoms with Gasteiger partial charge in [0.05, 0.1) is 12.8 Å². The molecule has 1 aliphatic rings. The zero-order valence-corrected chi connectivity index (χ0v) is 14.4. The number of H-pyrrole nitrogens is 1. The molecule has 1 saturated heterocycles. The van der Waals surface area contributed by atoms with Crippen molar-refractivity contribution >= 4 is 34.1 Å². The number of para-hydroxylation sites is 1. The Kier molecular flexibility index (Phi) is 4.08. The number of hydrogen-bond acceptors (Lipinski definition) is 3. The van der Waals surface area contributed by atoms with E-state index in [0.717, 1.165) is 23.0 Å². The second kappa shape index (κ2) is 6.55. The number of hydrogen-bond donors (Lipinski definition) is 2. The highest BCUT2D eigenvalue weighted by molar-refractivity contribution is 6.06. The van der Waals surface area contributed by atoms with Gasteiger partial charge in [-0.15, -0.1) is 0 Å². The van der Waals surface area contributed by atoms with E-state index in [-0.39, 0.29) is 11.8 Å². The van der Waals surface area contributed by atoms with E-state index in [1.807, 2.05) is 36.4 Å². The monoisotopic (exact) mass is 349 g/mol. The molecule has 26 heavy (non-hydrogen) atoms. The van der Waals surface area contributed by atoms with Crippen LogP contribution in [0.25, 0.3) is 10.9 Å². The van der Waals surface area contributed by atoms with Crippen molar-refractivity contribution < 1.29 is 14.3 Å². The molecule has 0 radical (unpaired) electrons. The summed E-state index contributed by atoms with van der Waals surface area (Å²) in [6.45, 7) is 0.690. The lowest BCUT2D eigenvalue weighted by Crippen LogP contribution is -2.24. The van der Waals surface area contributed by atoms with Gasteiger partial charge in [-0.3, -0.25) is 9.59 Å². The molecule has 0 saturated carbocycles. The van der Waals surface area contributed by atoms with Crippen LogP contribution in [0.1, 0.15) is 23.3 Å². The van der Waals surface area contributed by atoms with E-state index in [1.165, 1.54) is 0 Å². The molecule has 1 aromatic heterocycles. The van der Waals surface area contributed by atoms with Crippen molar-refractivity contribution in [1.29, 1.82) is 0 Å². The van der Waals surface area contributed by atoms with Crippen molar-refractivity contribution in [3.8, 4) is 5.75 Å². The molecule has 0 atom stereocenters. The Bertz CT molecular complexity index is 960. The SMILES string of the molecule is COc1cc(NC(=O)c2cc3ccccc3[nH]2)ccc1N1CCCC1=O. The summed E-state index contributed by atoms with van der Waals surface area (Å²) >= 11 is 0. The standard InChI is InChI=1S/C20H19N3O3/c1-26-18-12-14(8-9-17(18)23-10-4-7-19(23)24)21-20(25)16-11-13-5-2-3-6-15(13)22-16/h2-3,5-6,8-9,11-12,22H,4,7,10H2,1H3,(H,21,25). The van der Waals surface area contributed by atoms with Crippen LogP contribution in [-0.4, -0.2) is 30.5 Å². The van der Waals surface area contributed by atoms with Crippen LogP contribution < -0.4 is 15.0 Å². The molecule has 3 aromatic rings. The number of rotatable bonds is 4. The van der Waals surface area contributed by atoms with Gasteiger partial charge in [-0.25, -0.2) is 0 Å². The van der Waals surface area contributed by atoms with Gasteiger partial charge < -0.3 is 19.9 Å². The van der Waals surface area contributed by atoms with Crippen LogP contribution in [0.4, 0.5) is 11.4 Å². The van der Waals surface area contributed by atoms with E-state index in [2.05, 4.69) is 10.3 Å². The highest BCUT2D eigenvalue weighted by atomic mass is 16.5. The molecule has 2 aromatic carbocycles. The summed E-state index contributed by atoms with van der Waals surface area (Å²) in [6, 6.07) is 14.9. The number of ether oxygens (including phenoxy) is 1. The molecule has 1 aliphatic heterocycles. The first-order chi connectivity index (χ1) is 12.7. The number of methoxy groups -OCH3 is 1. The van der Waals surface area contributed by atoms with E-state index in [0.29, 0.717) is 30.1 Å². The predicted octanol–water partition coefficient (Wildman–Crippen LogP) is 3.56. The van der Waals surface area contributed by atoms with Crippen LogP contribution in [0.5, 0.6) is 5.75 Å². The Hall–Kier alpha value is -3.28. The number of nitrogens with zero attached hydrogens (tertiary/aromatic N) is 1. The van der Waals surface area contributed by atoms with Gasteiger partial charge in [-0.05, 0) is 30.7 Å². The van der Waals surface area contributed by atoms with Crippen LogP contribution in [0.2, 0.25) is 0 Å². The van der Waals surface area contributed by atoms with E-state index in [9.17, 15) is 9.59 Å². The van der Waals surface area contributed by atoms with Crippen LogP contribution in [0.15, 0.2) is 48.5 Å². The molecule has 0 spiro atoms. The predicted molar refractivity (Wildman–Crippen MR) is 101 cm³/mol. The maximum absolute atomic E-state index is 12.5. The highest BCUT2D eigenvalue weighted by Crippen LogP contribution is 2.34. The molecule has 132 valence electrons. The van der Waals surface area contributed by atoms with Crippen LogP contribution in [-0.2, 0) is 4.79 Å². The molecule has 6 nitrogen and oxygen atoms in total. The Morgan fingerprint density at radius 2 is 2.04 bits per heavy atom. The van der Waals surface area contributed by atoms with Crippen LogP contribution in [0.3, 0.4) is 0 Å². The van der Waals surface area contributed by atoms with E-state index >= 15 is 0 Å². The molecule has 2 N–H and O–H groups in total. The van der Waals surface area contributed by atoms with Gasteiger partial charge in [-0.1, -0.05) is 18.2 Å². The maximum Gasteiger partial charge on any atom is 0.272 e. The lowest BCUT2D eigenvalue weighted by molar-refractivity contribution is -0.117. The average molecular weight is 349 g/mol. The lowest BCUT2D eigenvalue weighted by Gasteiger charge is -2.19. The third kappa shape index (κ3) is 2.90. The van der Waals surface area contributed by atoms with Gasteiger partial charge in [0.15, 0.2) is 0 Å². The van der Waals surface area contributed by atoms with E-state index in [1.54, 1.807) is 24.1 Å². The number of aromatic nitrogens is 1. The average Bonchev–Trinajstić information content (AvgIpc) is 3.27. The zero-order chi connectivity index (χ0) is 18.1. The first-order valence-electron chi connectivity index (χ1n) is 8.53. The first kappa shape index (κ1) is 16.2. The summed E-state index contributed by atoms with van der Waals surface area (Å²) in [7, 11) is 1.56. The van der Waals surface area contributed by atoms with Gasteiger partial charge in [0.1, 0.15) is 11.4 Å². The topological polar surface area (TPSA) is 74.4 Å². The number of amides is 2. The summed E-state index contributed by atoms with van der Waals surface area (Å²) in [5, 5.41) is 3.85. The molecular formula is C20H19N3O3. The minimum atomic E-state index is -0.228. The van der Waals surface area contributed by atoms with E-state index in [4.69, 9.17) is 4.74 Å². The molecule has 2 amide bonds. The van der Waals surface area contributed by atoms with Crippen LogP contribution >= 0.6 is 0 Å². The van der Waals surface area contributed by atoms with Crippen molar-refractivity contribution in [2.75, 3.05) is 23.9 Å². The summed E-state index contributed by atoms with van der Waals surface area (Å²) < 4.78 is 5.43. The molecule has 0 unspecified atom stereocenters. The lowest BCUT2D eigenvalue weighted by atomic mass is 10.2. The van der Waals surface area contributed by atoms with Crippen molar-refractivity contribution in [1.82, 2.24) is 4.98 Å². The van der Waals surface area contributed by atoms with Gasteiger partial charge in [0.2, 0.25) is 5.91 Å². The zero-order valence-electron chi connectivity index (χ0n) is 14.4. The van der Waals surface area contributed by atoms with Crippen molar-refractivity contribution in [3.05, 3.63) is 54.2 Å². The Labute approximate surface area is 150 Å².